The van der Waals surface area contributed by atoms with Gasteiger partial charge in [0, 0.05) is 16.5 Å². The van der Waals surface area contributed by atoms with Gasteiger partial charge in [0.2, 0.25) is 5.75 Å². The lowest BCUT2D eigenvalue weighted by Gasteiger charge is -2.26. The Kier molecular flexibility index (Phi) is 8.45. The molecule has 0 aromatic heterocycles. The summed E-state index contributed by atoms with van der Waals surface area (Å²) in [4.78, 5) is 11.6. The van der Waals surface area contributed by atoms with Crippen LogP contribution in [0.4, 0.5) is 0 Å². The quantitative estimate of drug-likeness (QED) is 0.332. The zero-order valence-electron chi connectivity index (χ0n) is 18.3. The van der Waals surface area contributed by atoms with Crippen molar-refractivity contribution in [3.8, 4) is 17.2 Å². The van der Waals surface area contributed by atoms with Crippen LogP contribution in [-0.4, -0.2) is 45.9 Å². The Balaban J connectivity index is 1.90. The molecule has 32 heavy (non-hydrogen) atoms. The van der Waals surface area contributed by atoms with E-state index in [2.05, 4.69) is 6.08 Å². The molecule has 0 aliphatic carbocycles. The van der Waals surface area contributed by atoms with Crippen LogP contribution in [0.1, 0.15) is 21.5 Å². The maximum Gasteiger partial charge on any atom is 0.337 e. The molecule has 5 nitrogen and oxygen atoms in total. The lowest BCUT2D eigenvalue weighted by molar-refractivity contribution is 0.0600. The van der Waals surface area contributed by atoms with E-state index in [1.54, 1.807) is 45.6 Å². The van der Waals surface area contributed by atoms with Crippen molar-refractivity contribution in [3.05, 3.63) is 71.3 Å². The maximum absolute atomic E-state index is 11.6. The number of rotatable bonds is 8. The summed E-state index contributed by atoms with van der Waals surface area (Å²) >= 11 is 10.2. The first kappa shape index (κ1) is 24.4. The van der Waals surface area contributed by atoms with Crippen LogP contribution < -0.4 is 14.2 Å². The molecule has 0 radical (unpaired) electrons. The Morgan fingerprint density at radius 3 is 2.00 bits per heavy atom. The normalized spacial score (nSPS) is 15.6. The number of benzene rings is 2. The minimum atomic E-state index is -0.376. The van der Waals surface area contributed by atoms with Gasteiger partial charge in [-0.05, 0) is 41.5 Å². The fourth-order valence-corrected chi connectivity index (χ4v) is 6.53. The van der Waals surface area contributed by atoms with E-state index in [0.29, 0.717) is 27.8 Å². The van der Waals surface area contributed by atoms with Gasteiger partial charge in [-0.15, -0.1) is 23.5 Å². The van der Waals surface area contributed by atoms with Crippen LogP contribution in [0, 0.1) is 0 Å². The SMILES string of the molecule is COC(=O)c1ccc(/C(Cl)=C/C=C/C2(c3cc(OC)c(OC)c(OC)c3)SCCS2)cc1. The number of methoxy groups -OCH3 is 4. The number of carbonyl (C=O) groups is 1. The van der Waals surface area contributed by atoms with Gasteiger partial charge in [0.05, 0.1) is 34.0 Å². The first-order valence-corrected chi connectivity index (χ1v) is 12.1. The summed E-state index contributed by atoms with van der Waals surface area (Å²) in [5, 5.41) is 0.575. The largest absolute Gasteiger partial charge is 0.493 e. The van der Waals surface area contributed by atoms with Gasteiger partial charge >= 0.3 is 5.97 Å². The van der Waals surface area contributed by atoms with Crippen molar-refractivity contribution in [3.63, 3.8) is 0 Å². The molecule has 0 saturated carbocycles. The molecule has 0 unspecified atom stereocenters. The minimum Gasteiger partial charge on any atom is -0.493 e. The molecule has 0 N–H and O–H groups in total. The number of ether oxygens (including phenoxy) is 4. The van der Waals surface area contributed by atoms with Crippen molar-refractivity contribution in [1.29, 1.82) is 0 Å². The Labute approximate surface area is 202 Å². The summed E-state index contributed by atoms with van der Waals surface area (Å²) < 4.78 is 21.0. The molecule has 2 aromatic rings. The van der Waals surface area contributed by atoms with E-state index in [1.807, 2.05) is 47.8 Å². The van der Waals surface area contributed by atoms with Gasteiger partial charge in [0.25, 0.3) is 0 Å². The molecule has 1 saturated heterocycles. The first-order chi connectivity index (χ1) is 15.5. The topological polar surface area (TPSA) is 54.0 Å². The summed E-state index contributed by atoms with van der Waals surface area (Å²) in [5.74, 6) is 3.50. The Hall–Kier alpha value is -2.22. The van der Waals surface area contributed by atoms with Gasteiger partial charge in [-0.3, -0.25) is 0 Å². The number of hydrogen-bond acceptors (Lipinski definition) is 7. The Bertz CT molecular complexity index is 987. The molecule has 1 aliphatic rings. The van der Waals surface area contributed by atoms with Crippen LogP contribution in [0.3, 0.4) is 0 Å². The van der Waals surface area contributed by atoms with Crippen LogP contribution in [0.25, 0.3) is 5.03 Å². The number of thioether (sulfide) groups is 2. The second-order valence-electron chi connectivity index (χ2n) is 6.72. The lowest BCUT2D eigenvalue weighted by Crippen LogP contribution is -2.12. The average molecular weight is 493 g/mol. The average Bonchev–Trinajstić information content (AvgIpc) is 3.32. The smallest absolute Gasteiger partial charge is 0.337 e. The molecule has 0 atom stereocenters. The minimum absolute atomic E-state index is 0.296. The van der Waals surface area contributed by atoms with Crippen LogP contribution in [0.2, 0.25) is 0 Å². The Morgan fingerprint density at radius 1 is 0.938 bits per heavy atom. The van der Waals surface area contributed by atoms with Gasteiger partial charge in [0.1, 0.15) is 4.08 Å². The molecular weight excluding hydrogens is 468 g/mol. The third kappa shape index (κ3) is 5.22. The molecule has 1 fully saturated rings. The predicted octanol–water partition coefficient (Wildman–Crippen LogP) is 5.97. The number of carbonyl (C=O) groups excluding carboxylic acids is 1. The second-order valence-corrected chi connectivity index (χ2v) is 10.1. The van der Waals surface area contributed by atoms with Crippen LogP contribution >= 0.6 is 35.1 Å². The predicted molar refractivity (Wildman–Crippen MR) is 133 cm³/mol. The van der Waals surface area contributed by atoms with Crippen molar-refractivity contribution >= 4 is 46.1 Å². The zero-order chi connectivity index (χ0) is 23.1. The van der Waals surface area contributed by atoms with E-state index >= 15 is 0 Å². The fourth-order valence-electron chi connectivity index (χ4n) is 3.31. The van der Waals surface area contributed by atoms with Crippen molar-refractivity contribution in [1.82, 2.24) is 0 Å². The van der Waals surface area contributed by atoms with Crippen LogP contribution in [0.15, 0.2) is 54.6 Å². The number of allylic oxidation sites excluding steroid dienone is 2. The molecule has 1 aliphatic heterocycles. The van der Waals surface area contributed by atoms with E-state index in [-0.39, 0.29) is 10.0 Å². The van der Waals surface area contributed by atoms with E-state index in [0.717, 1.165) is 22.6 Å². The molecule has 0 amide bonds. The number of esters is 1. The van der Waals surface area contributed by atoms with Crippen LogP contribution in [-0.2, 0) is 8.82 Å². The molecule has 0 spiro atoms. The molecular formula is C24H25ClO5S2. The summed E-state index contributed by atoms with van der Waals surface area (Å²) in [5.41, 5.74) is 2.36. The monoisotopic (exact) mass is 492 g/mol. The lowest BCUT2D eigenvalue weighted by atomic mass is 10.1. The van der Waals surface area contributed by atoms with Crippen molar-refractivity contribution in [2.75, 3.05) is 39.9 Å². The molecule has 8 heteroatoms. The summed E-state index contributed by atoms with van der Waals surface area (Å²) in [7, 11) is 6.19. The third-order valence-electron chi connectivity index (χ3n) is 4.92. The van der Waals surface area contributed by atoms with Crippen molar-refractivity contribution in [2.24, 2.45) is 0 Å². The van der Waals surface area contributed by atoms with E-state index in [1.165, 1.54) is 7.11 Å². The maximum atomic E-state index is 11.6. The third-order valence-corrected chi connectivity index (χ3v) is 8.65. The number of halogens is 1. The van der Waals surface area contributed by atoms with Gasteiger partial charge < -0.3 is 18.9 Å². The Morgan fingerprint density at radius 2 is 1.50 bits per heavy atom. The molecule has 3 rings (SSSR count). The first-order valence-electron chi connectivity index (χ1n) is 9.80. The van der Waals surface area contributed by atoms with E-state index in [9.17, 15) is 4.79 Å². The summed E-state index contributed by atoms with van der Waals surface area (Å²) in [6.45, 7) is 0. The van der Waals surface area contributed by atoms with E-state index < -0.39 is 0 Å². The van der Waals surface area contributed by atoms with Crippen molar-refractivity contribution < 1.29 is 23.7 Å². The van der Waals surface area contributed by atoms with Crippen molar-refractivity contribution in [2.45, 2.75) is 4.08 Å². The van der Waals surface area contributed by atoms with Gasteiger partial charge in [0.15, 0.2) is 11.5 Å². The molecule has 170 valence electrons. The highest BCUT2D eigenvalue weighted by atomic mass is 35.5. The van der Waals surface area contributed by atoms with Gasteiger partial charge in [-0.1, -0.05) is 35.9 Å². The molecule has 2 aromatic carbocycles. The van der Waals surface area contributed by atoms with E-state index in [4.69, 9.17) is 30.5 Å². The van der Waals surface area contributed by atoms with Gasteiger partial charge in [-0.25, -0.2) is 4.79 Å². The molecule has 1 heterocycles. The van der Waals surface area contributed by atoms with Crippen LogP contribution in [0.5, 0.6) is 17.2 Å². The highest BCUT2D eigenvalue weighted by molar-refractivity contribution is 8.20. The second kappa shape index (κ2) is 11.1. The van der Waals surface area contributed by atoms with Gasteiger partial charge in [-0.2, -0.15) is 0 Å². The standard InChI is InChI=1S/C24H25ClO5S2/c1-27-20-14-18(15-21(28-2)22(20)29-3)24(31-12-13-32-24)11-5-6-19(25)16-7-9-17(10-8-16)23(26)30-4/h5-11,14-15H,12-13H2,1-4H3/b11-5+,19-6-. The summed E-state index contributed by atoms with van der Waals surface area (Å²) in [6.07, 6.45) is 5.96. The highest BCUT2D eigenvalue weighted by Crippen LogP contribution is 2.55. The number of hydrogen-bond donors (Lipinski definition) is 0. The molecule has 0 bridgehead atoms. The summed E-state index contributed by atoms with van der Waals surface area (Å²) in [6, 6.07) is 11.0. The zero-order valence-corrected chi connectivity index (χ0v) is 20.7. The highest BCUT2D eigenvalue weighted by Gasteiger charge is 2.36. The fraction of sp³-hybridized carbons (Fsp3) is 0.292.